The molecule has 0 saturated carbocycles. The highest BCUT2D eigenvalue weighted by molar-refractivity contribution is 6.05. The Labute approximate surface area is 183 Å². The molecule has 0 bridgehead atoms. The predicted octanol–water partition coefficient (Wildman–Crippen LogP) is 4.33. The van der Waals surface area contributed by atoms with Crippen LogP contribution in [-0.2, 0) is 0 Å². The van der Waals surface area contributed by atoms with Crippen LogP contribution in [0.3, 0.4) is 0 Å². The van der Waals surface area contributed by atoms with Crippen LogP contribution in [0, 0.1) is 5.82 Å². The normalized spacial score (nSPS) is 10.8. The minimum Gasteiger partial charge on any atom is -0.494 e. The molecular weight excluding hydrogens is 411 g/mol. The number of ether oxygens (including phenoxy) is 1. The number of nitrogens with zero attached hydrogens (tertiary/aromatic N) is 2. The maximum Gasteiger partial charge on any atom is 0.257 e. The Kier molecular flexibility index (Phi) is 5.59. The van der Waals surface area contributed by atoms with Gasteiger partial charge in [0.25, 0.3) is 11.8 Å². The van der Waals surface area contributed by atoms with E-state index in [0.717, 1.165) is 0 Å². The summed E-state index contributed by atoms with van der Waals surface area (Å²) in [6.07, 6.45) is 0. The number of amides is 2. The van der Waals surface area contributed by atoms with Crippen molar-refractivity contribution in [1.82, 2.24) is 14.9 Å². The molecule has 0 aliphatic heterocycles. The summed E-state index contributed by atoms with van der Waals surface area (Å²) < 4.78 is 19.8. The number of H-pyrrole nitrogens is 1. The van der Waals surface area contributed by atoms with Gasteiger partial charge in [0, 0.05) is 36.3 Å². The molecule has 0 spiro atoms. The number of nitrogens with one attached hydrogen (secondary N) is 2. The van der Waals surface area contributed by atoms with Crippen molar-refractivity contribution < 1.29 is 18.7 Å². The number of imidazole rings is 1. The van der Waals surface area contributed by atoms with Gasteiger partial charge in [0.15, 0.2) is 0 Å². The van der Waals surface area contributed by atoms with Crippen molar-refractivity contribution in [3.8, 4) is 16.9 Å². The first kappa shape index (κ1) is 21.0. The van der Waals surface area contributed by atoms with Crippen LogP contribution in [0.25, 0.3) is 22.2 Å². The van der Waals surface area contributed by atoms with Crippen molar-refractivity contribution in [1.29, 1.82) is 0 Å². The van der Waals surface area contributed by atoms with Crippen LogP contribution in [-0.4, -0.2) is 47.9 Å². The molecule has 4 rings (SSSR count). The van der Waals surface area contributed by atoms with Gasteiger partial charge in [-0.05, 0) is 42.5 Å². The third kappa shape index (κ3) is 3.90. The molecule has 8 heteroatoms. The largest absolute Gasteiger partial charge is 0.494 e. The SMILES string of the molecule is COc1ccc(-c2ccccc2F)c2nc(NC(=O)c3ccc(C(=O)N(C)C)cc3)[nH]c12. The molecule has 2 amide bonds. The quantitative estimate of drug-likeness (QED) is 0.491. The summed E-state index contributed by atoms with van der Waals surface area (Å²) in [5.41, 5.74) is 2.82. The average Bonchev–Trinajstić information content (AvgIpc) is 3.22. The van der Waals surface area contributed by atoms with Crippen LogP contribution in [0.2, 0.25) is 0 Å². The zero-order chi connectivity index (χ0) is 22.8. The van der Waals surface area contributed by atoms with Crippen molar-refractivity contribution in [2.45, 2.75) is 0 Å². The lowest BCUT2D eigenvalue weighted by atomic mass is 10.0. The van der Waals surface area contributed by atoms with Gasteiger partial charge in [0.2, 0.25) is 5.95 Å². The van der Waals surface area contributed by atoms with E-state index in [1.165, 1.54) is 18.1 Å². The number of rotatable bonds is 5. The zero-order valence-corrected chi connectivity index (χ0v) is 17.8. The van der Waals surface area contributed by atoms with Gasteiger partial charge in [0.05, 0.1) is 7.11 Å². The molecule has 0 fully saturated rings. The molecule has 7 nitrogen and oxygen atoms in total. The summed E-state index contributed by atoms with van der Waals surface area (Å²) in [6.45, 7) is 0. The number of carbonyl (C=O) groups is 2. The molecule has 0 aliphatic carbocycles. The number of hydrogen-bond donors (Lipinski definition) is 2. The molecule has 1 aromatic heterocycles. The fraction of sp³-hybridized carbons (Fsp3) is 0.125. The summed E-state index contributed by atoms with van der Waals surface area (Å²) in [7, 11) is 4.84. The van der Waals surface area contributed by atoms with Crippen LogP contribution >= 0.6 is 0 Å². The summed E-state index contributed by atoms with van der Waals surface area (Å²) >= 11 is 0. The summed E-state index contributed by atoms with van der Waals surface area (Å²) in [6, 6.07) is 16.2. The molecule has 0 radical (unpaired) electrons. The van der Waals surface area contributed by atoms with Gasteiger partial charge in [0.1, 0.15) is 22.6 Å². The highest BCUT2D eigenvalue weighted by Crippen LogP contribution is 2.35. The van der Waals surface area contributed by atoms with E-state index in [0.29, 0.717) is 39.0 Å². The second kappa shape index (κ2) is 8.50. The minimum absolute atomic E-state index is 0.151. The van der Waals surface area contributed by atoms with Crippen LogP contribution in [0.4, 0.5) is 10.3 Å². The Hall–Kier alpha value is -4.20. The molecule has 0 saturated heterocycles. The van der Waals surface area contributed by atoms with Crippen molar-refractivity contribution in [3.63, 3.8) is 0 Å². The lowest BCUT2D eigenvalue weighted by molar-refractivity contribution is 0.0827. The fourth-order valence-corrected chi connectivity index (χ4v) is 3.40. The van der Waals surface area contributed by atoms with Crippen molar-refractivity contribution in [2.75, 3.05) is 26.5 Å². The first-order valence-electron chi connectivity index (χ1n) is 9.83. The van der Waals surface area contributed by atoms with E-state index in [-0.39, 0.29) is 17.7 Å². The van der Waals surface area contributed by atoms with E-state index >= 15 is 0 Å². The summed E-state index contributed by atoms with van der Waals surface area (Å²) in [4.78, 5) is 33.7. The summed E-state index contributed by atoms with van der Waals surface area (Å²) in [5.74, 6) is -0.221. The average molecular weight is 432 g/mol. The third-order valence-electron chi connectivity index (χ3n) is 5.02. The van der Waals surface area contributed by atoms with Gasteiger partial charge >= 0.3 is 0 Å². The number of benzene rings is 3. The van der Waals surface area contributed by atoms with Crippen molar-refractivity contribution >= 4 is 28.8 Å². The Morgan fingerprint density at radius 3 is 2.31 bits per heavy atom. The topological polar surface area (TPSA) is 87.3 Å². The molecular formula is C24H21FN4O3. The first-order valence-corrected chi connectivity index (χ1v) is 9.83. The Bertz CT molecular complexity index is 1310. The highest BCUT2D eigenvalue weighted by atomic mass is 19.1. The van der Waals surface area contributed by atoms with Gasteiger partial charge in [-0.25, -0.2) is 9.37 Å². The number of anilines is 1. The number of aromatic nitrogens is 2. The third-order valence-corrected chi connectivity index (χ3v) is 5.02. The Balaban J connectivity index is 1.67. The first-order chi connectivity index (χ1) is 15.4. The van der Waals surface area contributed by atoms with Crippen molar-refractivity contribution in [2.24, 2.45) is 0 Å². The monoisotopic (exact) mass is 432 g/mol. The van der Waals surface area contributed by atoms with Crippen molar-refractivity contribution in [3.05, 3.63) is 77.6 Å². The number of fused-ring (bicyclic) bond motifs is 1. The summed E-state index contributed by atoms with van der Waals surface area (Å²) in [5, 5.41) is 2.71. The van der Waals surface area contributed by atoms with E-state index in [1.807, 2.05) is 0 Å². The van der Waals surface area contributed by atoms with E-state index in [2.05, 4.69) is 15.3 Å². The smallest absolute Gasteiger partial charge is 0.257 e. The van der Waals surface area contributed by atoms with Gasteiger partial charge in [-0.15, -0.1) is 0 Å². The van der Waals surface area contributed by atoms with Crippen LogP contribution in [0.15, 0.2) is 60.7 Å². The van der Waals surface area contributed by atoms with E-state index in [9.17, 15) is 14.0 Å². The number of methoxy groups -OCH3 is 1. The number of aromatic amines is 1. The van der Waals surface area contributed by atoms with Crippen LogP contribution < -0.4 is 10.1 Å². The molecule has 1 heterocycles. The highest BCUT2D eigenvalue weighted by Gasteiger charge is 2.17. The molecule has 3 aromatic carbocycles. The van der Waals surface area contributed by atoms with Gasteiger partial charge in [-0.1, -0.05) is 18.2 Å². The number of carbonyl (C=O) groups excluding carboxylic acids is 2. The molecule has 32 heavy (non-hydrogen) atoms. The second-order valence-corrected chi connectivity index (χ2v) is 7.34. The standard InChI is InChI=1S/C24H21FN4O3/c1-29(2)23(31)15-10-8-14(9-11-15)22(30)28-24-26-20-17(16-6-4-5-7-18(16)25)12-13-19(32-3)21(20)27-24/h4-13H,1-3H3,(H2,26,27,28,30). The minimum atomic E-state index is -0.403. The van der Waals surface area contributed by atoms with Crippen LogP contribution in [0.1, 0.15) is 20.7 Å². The van der Waals surface area contributed by atoms with Gasteiger partial charge in [-0.2, -0.15) is 0 Å². The number of hydrogen-bond acceptors (Lipinski definition) is 4. The zero-order valence-electron chi connectivity index (χ0n) is 17.8. The van der Waals surface area contributed by atoms with Gasteiger partial charge in [-0.3, -0.25) is 14.9 Å². The Morgan fingerprint density at radius 2 is 1.66 bits per heavy atom. The molecule has 0 aliphatic rings. The van der Waals surface area contributed by atoms with Crippen LogP contribution in [0.5, 0.6) is 5.75 Å². The van der Waals surface area contributed by atoms with E-state index in [1.54, 1.807) is 68.7 Å². The molecule has 2 N–H and O–H groups in total. The maximum absolute atomic E-state index is 14.4. The molecule has 4 aromatic rings. The molecule has 0 atom stereocenters. The lowest BCUT2D eigenvalue weighted by Gasteiger charge is -2.10. The fourth-order valence-electron chi connectivity index (χ4n) is 3.40. The van der Waals surface area contributed by atoms with E-state index < -0.39 is 5.91 Å². The molecule has 162 valence electrons. The Morgan fingerprint density at radius 1 is 0.969 bits per heavy atom. The van der Waals surface area contributed by atoms with E-state index in [4.69, 9.17) is 4.74 Å². The second-order valence-electron chi connectivity index (χ2n) is 7.34. The van der Waals surface area contributed by atoms with Gasteiger partial charge < -0.3 is 14.6 Å². The lowest BCUT2D eigenvalue weighted by Crippen LogP contribution is -2.21. The molecule has 0 unspecified atom stereocenters. The number of halogens is 1. The predicted molar refractivity (Wildman–Crippen MR) is 120 cm³/mol. The maximum atomic E-state index is 14.4.